The maximum absolute atomic E-state index is 12.0. The van der Waals surface area contributed by atoms with Crippen molar-refractivity contribution >= 4 is 21.9 Å². The van der Waals surface area contributed by atoms with E-state index in [0.717, 1.165) is 23.5 Å². The van der Waals surface area contributed by atoms with E-state index in [2.05, 4.69) is 0 Å². The predicted molar refractivity (Wildman–Crippen MR) is 65.2 cm³/mol. The molecular weight excluding hydrogens is 244 g/mol. The molecule has 0 radical (unpaired) electrons. The highest BCUT2D eigenvalue weighted by Gasteiger charge is 2.25. The molecule has 0 N–H and O–H groups in total. The molecule has 0 bridgehead atoms. The molecule has 0 spiro atoms. The fourth-order valence-corrected chi connectivity index (χ4v) is 4.17. The third-order valence-corrected chi connectivity index (χ3v) is 5.17. The van der Waals surface area contributed by atoms with Gasteiger partial charge in [-0.25, -0.2) is 0 Å². The summed E-state index contributed by atoms with van der Waals surface area (Å²) < 4.78 is 29.2. The number of hydrogen-bond acceptors (Lipinski definition) is 4. The average Bonchev–Trinajstić information content (AvgIpc) is 2.70. The van der Waals surface area contributed by atoms with Crippen molar-refractivity contribution in [1.29, 1.82) is 0 Å². The lowest BCUT2D eigenvalue weighted by molar-refractivity contribution is 0.236. The summed E-state index contributed by atoms with van der Waals surface area (Å²) in [7, 11) is -3.59. The second kappa shape index (κ2) is 4.77. The Hall–Kier alpha value is -0.520. The minimum absolute atomic E-state index is 0.158. The zero-order valence-corrected chi connectivity index (χ0v) is 10.7. The van der Waals surface area contributed by atoms with Crippen LogP contribution in [0.2, 0.25) is 0 Å². The van der Waals surface area contributed by atoms with Crippen LogP contribution in [0.1, 0.15) is 12.0 Å². The lowest BCUT2D eigenvalue weighted by Crippen LogP contribution is -2.18. The van der Waals surface area contributed by atoms with Crippen molar-refractivity contribution in [2.24, 2.45) is 0 Å². The summed E-state index contributed by atoms with van der Waals surface area (Å²) in [5.74, 6) is 1.75. The second-order valence-electron chi connectivity index (χ2n) is 3.80. The van der Waals surface area contributed by atoms with Crippen LogP contribution in [0.3, 0.4) is 0 Å². The summed E-state index contributed by atoms with van der Waals surface area (Å²) >= 11 is 1.73. The van der Waals surface area contributed by atoms with E-state index in [1.807, 2.05) is 6.07 Å². The Morgan fingerprint density at radius 1 is 1.38 bits per heavy atom. The minimum Gasteiger partial charge on any atom is -0.262 e. The zero-order valence-electron chi connectivity index (χ0n) is 9.05. The van der Waals surface area contributed by atoms with Crippen LogP contribution in [0.25, 0.3) is 0 Å². The molecule has 88 valence electrons. The van der Waals surface area contributed by atoms with E-state index in [1.165, 1.54) is 0 Å². The second-order valence-corrected chi connectivity index (χ2v) is 6.49. The number of rotatable bonds is 3. The molecule has 1 aromatic rings. The molecule has 1 heterocycles. The van der Waals surface area contributed by atoms with Crippen LogP contribution in [-0.2, 0) is 14.3 Å². The van der Waals surface area contributed by atoms with Gasteiger partial charge in [-0.2, -0.15) is 20.2 Å². The Bertz CT molecular complexity index is 462. The molecule has 1 aromatic carbocycles. The van der Waals surface area contributed by atoms with Crippen molar-refractivity contribution in [3.8, 4) is 0 Å². The van der Waals surface area contributed by atoms with Gasteiger partial charge in [-0.05, 0) is 30.7 Å². The van der Waals surface area contributed by atoms with Crippen LogP contribution in [0.5, 0.6) is 0 Å². The van der Waals surface area contributed by atoms with E-state index in [9.17, 15) is 8.42 Å². The SMILES string of the molecule is Cc1ccccc1S(=O)(=O)OC1CCSC1. The molecule has 0 saturated carbocycles. The topological polar surface area (TPSA) is 43.4 Å². The van der Waals surface area contributed by atoms with Crippen LogP contribution in [-0.4, -0.2) is 26.0 Å². The van der Waals surface area contributed by atoms with Gasteiger partial charge in [0.15, 0.2) is 0 Å². The zero-order chi connectivity index (χ0) is 11.6. The first-order chi connectivity index (χ1) is 7.59. The summed E-state index contributed by atoms with van der Waals surface area (Å²) in [6, 6.07) is 6.90. The molecule has 16 heavy (non-hydrogen) atoms. The number of thioether (sulfide) groups is 1. The normalized spacial score (nSPS) is 21.2. The Kier molecular flexibility index (Phi) is 3.56. The van der Waals surface area contributed by atoms with Crippen LogP contribution in [0.4, 0.5) is 0 Å². The van der Waals surface area contributed by atoms with Crippen molar-refractivity contribution in [1.82, 2.24) is 0 Å². The maximum atomic E-state index is 12.0. The van der Waals surface area contributed by atoms with Gasteiger partial charge in [0.2, 0.25) is 0 Å². The largest absolute Gasteiger partial charge is 0.297 e. The smallest absolute Gasteiger partial charge is 0.262 e. The highest BCUT2D eigenvalue weighted by atomic mass is 32.2. The Morgan fingerprint density at radius 2 is 2.12 bits per heavy atom. The summed E-state index contributed by atoms with van der Waals surface area (Å²) in [5, 5.41) is 0. The summed E-state index contributed by atoms with van der Waals surface area (Å²) in [5.41, 5.74) is 0.730. The first kappa shape index (κ1) is 12.0. The van der Waals surface area contributed by atoms with E-state index in [1.54, 1.807) is 36.9 Å². The summed E-state index contributed by atoms with van der Waals surface area (Å²) in [4.78, 5) is 0.284. The number of aryl methyl sites for hydroxylation is 1. The summed E-state index contributed by atoms with van der Waals surface area (Å²) in [6.45, 7) is 1.78. The quantitative estimate of drug-likeness (QED) is 0.780. The van der Waals surface area contributed by atoms with E-state index in [-0.39, 0.29) is 11.0 Å². The Morgan fingerprint density at radius 3 is 2.75 bits per heavy atom. The van der Waals surface area contributed by atoms with Gasteiger partial charge < -0.3 is 0 Å². The molecule has 0 aromatic heterocycles. The monoisotopic (exact) mass is 258 g/mol. The van der Waals surface area contributed by atoms with E-state index >= 15 is 0 Å². The Labute approximate surface area is 100 Å². The van der Waals surface area contributed by atoms with Gasteiger partial charge in [0, 0.05) is 5.75 Å². The molecule has 3 nitrogen and oxygen atoms in total. The van der Waals surface area contributed by atoms with E-state index < -0.39 is 10.1 Å². The highest BCUT2D eigenvalue weighted by Crippen LogP contribution is 2.25. The van der Waals surface area contributed by atoms with Gasteiger partial charge >= 0.3 is 0 Å². The fraction of sp³-hybridized carbons (Fsp3) is 0.455. The molecule has 1 aliphatic heterocycles. The molecule has 0 amide bonds. The van der Waals surface area contributed by atoms with Gasteiger partial charge in [-0.15, -0.1) is 0 Å². The van der Waals surface area contributed by atoms with Gasteiger partial charge in [-0.1, -0.05) is 18.2 Å². The molecule has 1 aliphatic rings. The Balaban J connectivity index is 2.21. The minimum atomic E-state index is -3.59. The predicted octanol–water partition coefficient (Wildman–Crippen LogP) is 2.21. The molecule has 2 rings (SSSR count). The van der Waals surface area contributed by atoms with Crippen molar-refractivity contribution in [2.75, 3.05) is 11.5 Å². The standard InChI is InChI=1S/C11H14O3S2/c1-9-4-2-3-5-11(9)16(12,13)14-10-6-7-15-8-10/h2-5,10H,6-8H2,1H3. The third kappa shape index (κ3) is 2.59. The first-order valence-corrected chi connectivity index (χ1v) is 7.72. The number of benzene rings is 1. The lowest BCUT2D eigenvalue weighted by atomic mass is 10.2. The first-order valence-electron chi connectivity index (χ1n) is 5.16. The van der Waals surface area contributed by atoms with Gasteiger partial charge in [0.05, 0.1) is 11.0 Å². The molecule has 5 heteroatoms. The third-order valence-electron chi connectivity index (χ3n) is 2.51. The van der Waals surface area contributed by atoms with Gasteiger partial charge in [0.25, 0.3) is 10.1 Å². The van der Waals surface area contributed by atoms with E-state index in [0.29, 0.717) is 0 Å². The van der Waals surface area contributed by atoms with Gasteiger partial charge in [-0.3, -0.25) is 4.18 Å². The maximum Gasteiger partial charge on any atom is 0.297 e. The van der Waals surface area contributed by atoms with Crippen molar-refractivity contribution in [3.05, 3.63) is 29.8 Å². The van der Waals surface area contributed by atoms with Crippen molar-refractivity contribution in [2.45, 2.75) is 24.3 Å². The summed E-state index contributed by atoms with van der Waals surface area (Å²) in [6.07, 6.45) is 0.657. The van der Waals surface area contributed by atoms with E-state index in [4.69, 9.17) is 4.18 Å². The van der Waals surface area contributed by atoms with Crippen molar-refractivity contribution < 1.29 is 12.6 Å². The molecule has 1 saturated heterocycles. The fourth-order valence-electron chi connectivity index (χ4n) is 1.66. The molecular formula is C11H14O3S2. The molecule has 1 fully saturated rings. The highest BCUT2D eigenvalue weighted by molar-refractivity contribution is 7.99. The average molecular weight is 258 g/mol. The lowest BCUT2D eigenvalue weighted by Gasteiger charge is -2.12. The molecule has 1 atom stereocenters. The van der Waals surface area contributed by atoms with Crippen LogP contribution in [0, 0.1) is 6.92 Å². The molecule has 0 aliphatic carbocycles. The van der Waals surface area contributed by atoms with Crippen LogP contribution >= 0.6 is 11.8 Å². The van der Waals surface area contributed by atoms with Crippen LogP contribution in [0.15, 0.2) is 29.2 Å². The van der Waals surface area contributed by atoms with Gasteiger partial charge in [0.1, 0.15) is 0 Å². The number of hydrogen-bond donors (Lipinski definition) is 0. The van der Waals surface area contributed by atoms with Crippen molar-refractivity contribution in [3.63, 3.8) is 0 Å². The van der Waals surface area contributed by atoms with Crippen LogP contribution < -0.4 is 0 Å². The molecule has 1 unspecified atom stereocenters.